The van der Waals surface area contributed by atoms with Crippen molar-refractivity contribution in [2.24, 2.45) is 5.41 Å². The standard InChI is InChI=1S/C23H29N7O5/c1-5-6-9-15(17(31)19(32)26-16-10-12-25-27-16)30(22(33)34)18(23(2,3)4)21-29-28-20(35-21)14-8-7-11-24-13-14/h7-8,10-13,15,18H,5-6,9H2,1-4H3,(H,33,34)(H2,25,26,27,32)/t15-,18+/m0/s1. The van der Waals surface area contributed by atoms with Crippen molar-refractivity contribution in [1.82, 2.24) is 30.3 Å². The summed E-state index contributed by atoms with van der Waals surface area (Å²) >= 11 is 0. The third-order valence-corrected chi connectivity index (χ3v) is 5.34. The van der Waals surface area contributed by atoms with Gasteiger partial charge in [-0.05, 0) is 24.0 Å². The van der Waals surface area contributed by atoms with E-state index in [0.29, 0.717) is 18.4 Å². The normalized spacial score (nSPS) is 13.1. The van der Waals surface area contributed by atoms with Gasteiger partial charge in [-0.3, -0.25) is 24.6 Å². The van der Waals surface area contributed by atoms with E-state index in [9.17, 15) is 19.5 Å². The van der Waals surface area contributed by atoms with E-state index in [0.717, 1.165) is 4.90 Å². The number of carbonyl (C=O) groups excluding carboxylic acids is 2. The third kappa shape index (κ3) is 6.08. The van der Waals surface area contributed by atoms with Crippen LogP contribution in [0, 0.1) is 5.41 Å². The molecule has 3 N–H and O–H groups in total. The molecular formula is C23H29N7O5. The van der Waals surface area contributed by atoms with Gasteiger partial charge < -0.3 is 14.8 Å². The van der Waals surface area contributed by atoms with Crippen molar-refractivity contribution in [1.29, 1.82) is 0 Å². The van der Waals surface area contributed by atoms with Crippen LogP contribution in [-0.4, -0.2) is 59.2 Å². The van der Waals surface area contributed by atoms with Gasteiger partial charge in [-0.25, -0.2) is 4.79 Å². The number of H-pyrrole nitrogens is 1. The zero-order chi connectivity index (χ0) is 25.6. The fourth-order valence-electron chi connectivity index (χ4n) is 3.74. The van der Waals surface area contributed by atoms with Crippen LogP contribution in [0.2, 0.25) is 0 Å². The zero-order valence-electron chi connectivity index (χ0n) is 20.1. The minimum Gasteiger partial charge on any atom is -0.465 e. The second-order valence-corrected chi connectivity index (χ2v) is 9.09. The van der Waals surface area contributed by atoms with Crippen LogP contribution in [0.5, 0.6) is 0 Å². The molecule has 12 heteroatoms. The van der Waals surface area contributed by atoms with E-state index < -0.39 is 35.3 Å². The van der Waals surface area contributed by atoms with Crippen molar-refractivity contribution in [3.8, 4) is 11.5 Å². The number of nitrogens with zero attached hydrogens (tertiary/aromatic N) is 5. The number of aromatic nitrogens is 5. The Morgan fingerprint density at radius 3 is 2.54 bits per heavy atom. The highest BCUT2D eigenvalue weighted by Gasteiger charge is 2.45. The van der Waals surface area contributed by atoms with Crippen LogP contribution in [0.3, 0.4) is 0 Å². The van der Waals surface area contributed by atoms with E-state index in [1.807, 2.05) is 6.92 Å². The van der Waals surface area contributed by atoms with Gasteiger partial charge in [-0.1, -0.05) is 40.5 Å². The maximum Gasteiger partial charge on any atom is 0.408 e. The van der Waals surface area contributed by atoms with Crippen LogP contribution in [0.25, 0.3) is 11.5 Å². The van der Waals surface area contributed by atoms with Gasteiger partial charge >= 0.3 is 6.09 Å². The van der Waals surface area contributed by atoms with Gasteiger partial charge in [0.25, 0.3) is 5.91 Å². The van der Waals surface area contributed by atoms with E-state index in [1.54, 1.807) is 45.3 Å². The highest BCUT2D eigenvalue weighted by Crippen LogP contribution is 2.40. The van der Waals surface area contributed by atoms with Gasteiger partial charge in [0.05, 0.1) is 11.8 Å². The summed E-state index contributed by atoms with van der Waals surface area (Å²) in [5, 5.41) is 27.2. The number of aromatic amines is 1. The second kappa shape index (κ2) is 10.9. The minimum absolute atomic E-state index is 0.0158. The second-order valence-electron chi connectivity index (χ2n) is 9.09. The van der Waals surface area contributed by atoms with Crippen molar-refractivity contribution in [3.05, 3.63) is 42.7 Å². The summed E-state index contributed by atoms with van der Waals surface area (Å²) < 4.78 is 5.88. The Morgan fingerprint density at radius 1 is 1.20 bits per heavy atom. The highest BCUT2D eigenvalue weighted by molar-refractivity contribution is 6.42. The molecule has 0 aliphatic rings. The first-order valence-electron chi connectivity index (χ1n) is 11.2. The number of unbranched alkanes of at least 4 members (excludes halogenated alkanes) is 1. The van der Waals surface area contributed by atoms with E-state index in [2.05, 4.69) is 30.7 Å². The molecule has 0 fully saturated rings. The highest BCUT2D eigenvalue weighted by atomic mass is 16.4. The van der Waals surface area contributed by atoms with Gasteiger partial charge in [0, 0.05) is 18.5 Å². The lowest BCUT2D eigenvalue weighted by Gasteiger charge is -2.39. The first-order chi connectivity index (χ1) is 16.6. The Balaban J connectivity index is 2.01. The molecule has 35 heavy (non-hydrogen) atoms. The van der Waals surface area contributed by atoms with E-state index in [1.165, 1.54) is 12.3 Å². The van der Waals surface area contributed by atoms with Crippen molar-refractivity contribution in [3.63, 3.8) is 0 Å². The molecule has 0 radical (unpaired) electrons. The first kappa shape index (κ1) is 25.5. The van der Waals surface area contributed by atoms with Crippen molar-refractivity contribution in [2.45, 2.75) is 59.0 Å². The van der Waals surface area contributed by atoms with Crippen molar-refractivity contribution in [2.75, 3.05) is 5.32 Å². The number of ketones is 1. The van der Waals surface area contributed by atoms with E-state index in [4.69, 9.17) is 4.42 Å². The van der Waals surface area contributed by atoms with Crippen LogP contribution in [0.4, 0.5) is 10.6 Å². The largest absolute Gasteiger partial charge is 0.465 e. The topological polar surface area (TPSA) is 167 Å². The average molecular weight is 484 g/mol. The number of amides is 2. The summed E-state index contributed by atoms with van der Waals surface area (Å²) in [6, 6.07) is 2.65. The lowest BCUT2D eigenvalue weighted by Crippen LogP contribution is -2.52. The molecule has 0 saturated carbocycles. The molecule has 0 aliphatic carbocycles. The number of pyridine rings is 1. The fraction of sp³-hybridized carbons (Fsp3) is 0.435. The number of carbonyl (C=O) groups is 3. The smallest absolute Gasteiger partial charge is 0.408 e. The number of hydrogen-bond donors (Lipinski definition) is 3. The summed E-state index contributed by atoms with van der Waals surface area (Å²) in [6.07, 6.45) is 4.56. The van der Waals surface area contributed by atoms with Gasteiger partial charge in [-0.2, -0.15) is 5.10 Å². The summed E-state index contributed by atoms with van der Waals surface area (Å²) in [4.78, 5) is 43.6. The Kier molecular flexibility index (Phi) is 7.94. The molecule has 3 aromatic rings. The zero-order valence-corrected chi connectivity index (χ0v) is 20.1. The van der Waals surface area contributed by atoms with Crippen LogP contribution in [0.15, 0.2) is 41.2 Å². The molecule has 0 bridgehead atoms. The minimum atomic E-state index is -1.38. The number of nitrogens with one attached hydrogen (secondary N) is 2. The predicted octanol–water partition coefficient (Wildman–Crippen LogP) is 3.69. The molecule has 2 atom stereocenters. The molecule has 0 unspecified atom stereocenters. The molecule has 3 rings (SSSR count). The molecule has 2 amide bonds. The number of Topliss-reactive ketones (excluding diaryl/α,β-unsaturated/α-hetero) is 1. The van der Waals surface area contributed by atoms with Gasteiger partial charge in [0.15, 0.2) is 0 Å². The summed E-state index contributed by atoms with van der Waals surface area (Å²) in [7, 11) is 0. The third-order valence-electron chi connectivity index (χ3n) is 5.34. The monoisotopic (exact) mass is 483 g/mol. The molecule has 0 aromatic carbocycles. The average Bonchev–Trinajstić information content (AvgIpc) is 3.50. The SMILES string of the molecule is CCCC[C@@H](C(=O)C(=O)Nc1ccn[nH]1)N(C(=O)O)[C@H](c1nnc(-c2cccnc2)o1)C(C)(C)C. The van der Waals surface area contributed by atoms with Crippen molar-refractivity contribution >= 4 is 23.6 Å². The Morgan fingerprint density at radius 2 is 1.97 bits per heavy atom. The number of anilines is 1. The van der Waals surface area contributed by atoms with Crippen LogP contribution in [-0.2, 0) is 9.59 Å². The maximum atomic E-state index is 13.3. The molecule has 186 valence electrons. The number of hydrogen-bond acceptors (Lipinski definition) is 8. The Bertz CT molecular complexity index is 1140. The molecule has 0 saturated heterocycles. The van der Waals surface area contributed by atoms with E-state index >= 15 is 0 Å². The summed E-state index contributed by atoms with van der Waals surface area (Å²) in [5.41, 5.74) is -0.194. The Hall–Kier alpha value is -4.09. The molecule has 3 aromatic heterocycles. The van der Waals surface area contributed by atoms with Crippen LogP contribution in [0.1, 0.15) is 58.9 Å². The van der Waals surface area contributed by atoms with Gasteiger partial charge in [-0.15, -0.1) is 10.2 Å². The first-order valence-corrected chi connectivity index (χ1v) is 11.2. The number of carboxylic acid groups (broad SMARTS) is 1. The molecular weight excluding hydrogens is 454 g/mol. The summed E-state index contributed by atoms with van der Waals surface area (Å²) in [6.45, 7) is 7.31. The van der Waals surface area contributed by atoms with Crippen molar-refractivity contribution < 1.29 is 23.9 Å². The number of rotatable bonds is 10. The molecule has 0 aliphatic heterocycles. The predicted molar refractivity (Wildman–Crippen MR) is 125 cm³/mol. The molecule has 12 nitrogen and oxygen atoms in total. The quantitative estimate of drug-likeness (QED) is 0.364. The fourth-order valence-corrected chi connectivity index (χ4v) is 3.74. The lowest BCUT2D eigenvalue weighted by molar-refractivity contribution is -0.139. The molecule has 3 heterocycles. The van der Waals surface area contributed by atoms with Crippen LogP contribution >= 0.6 is 0 Å². The van der Waals surface area contributed by atoms with Crippen LogP contribution < -0.4 is 5.32 Å². The van der Waals surface area contributed by atoms with Gasteiger partial charge in [0.1, 0.15) is 17.9 Å². The maximum absolute atomic E-state index is 13.3. The van der Waals surface area contributed by atoms with Gasteiger partial charge in [0.2, 0.25) is 17.6 Å². The van der Waals surface area contributed by atoms with E-state index in [-0.39, 0.29) is 24.0 Å². The summed E-state index contributed by atoms with van der Waals surface area (Å²) in [5.74, 6) is -1.43. The lowest BCUT2D eigenvalue weighted by atomic mass is 9.84. The Labute approximate surface area is 202 Å². The molecule has 0 spiro atoms.